The van der Waals surface area contributed by atoms with Gasteiger partial charge >= 0.3 is 12.9 Å². The van der Waals surface area contributed by atoms with Gasteiger partial charge in [0.15, 0.2) is 5.70 Å². The molecule has 1 N–H and O–H groups in total. The summed E-state index contributed by atoms with van der Waals surface area (Å²) in [6.07, 6.45) is 0. The Labute approximate surface area is 194 Å². The van der Waals surface area contributed by atoms with Crippen molar-refractivity contribution in [3.05, 3.63) is 70.8 Å². The maximum absolute atomic E-state index is 15.8. The number of hydrogen-bond acceptors (Lipinski definition) is 1. The number of carboxylic acids is 1. The highest BCUT2D eigenvalue weighted by Gasteiger charge is 2.56. The van der Waals surface area contributed by atoms with Gasteiger partial charge in [0.05, 0.1) is 14.7 Å². The van der Waals surface area contributed by atoms with Gasteiger partial charge in [-0.05, 0) is 94.9 Å². The van der Waals surface area contributed by atoms with Crippen molar-refractivity contribution in [2.45, 2.75) is 27.7 Å². The number of nitrogens with zero attached hydrogens (tertiary/aromatic N) is 2. The molecule has 0 saturated carbocycles. The molecule has 2 aliphatic rings. The van der Waals surface area contributed by atoms with Crippen molar-refractivity contribution in [3.8, 4) is 0 Å². The zero-order valence-corrected chi connectivity index (χ0v) is 20.5. The summed E-state index contributed by atoms with van der Waals surface area (Å²) in [6, 6.07) is 6.44. The van der Waals surface area contributed by atoms with Crippen LogP contribution in [0.3, 0.4) is 0 Å². The highest BCUT2D eigenvalue weighted by atomic mass is 127. The Bertz CT molecular complexity index is 1210. The number of carbonyl (C=O) groups is 1. The summed E-state index contributed by atoms with van der Waals surface area (Å²) < 4.78 is 35.7. The SMILES string of the molecule is CC1=C(I)C(C)=[N+]2C1=C(c1ccc(C(=O)O)cc1)c1c(C)c(I)c(C)n1[B-]2(F)F. The number of hydrogen-bond donors (Lipinski definition) is 1. The van der Waals surface area contributed by atoms with Gasteiger partial charge in [-0.15, -0.1) is 0 Å². The third-order valence-electron chi connectivity index (χ3n) is 5.72. The van der Waals surface area contributed by atoms with Crippen LogP contribution in [0.15, 0.2) is 39.1 Å². The molecule has 2 aliphatic heterocycles. The Kier molecular flexibility index (Phi) is 4.84. The minimum atomic E-state index is -4.05. The van der Waals surface area contributed by atoms with Crippen LogP contribution < -0.4 is 0 Å². The summed E-state index contributed by atoms with van der Waals surface area (Å²) in [6.45, 7) is 3.13. The Hall–Kier alpha value is -1.50. The number of aromatic nitrogens is 1. The molecule has 1 aromatic carbocycles. The fraction of sp³-hybridized carbons (Fsp3) is 0.200. The van der Waals surface area contributed by atoms with Crippen molar-refractivity contribution in [2.24, 2.45) is 0 Å². The van der Waals surface area contributed by atoms with E-state index in [9.17, 15) is 9.90 Å². The number of allylic oxidation sites excluding steroid dienone is 2. The highest BCUT2D eigenvalue weighted by Crippen LogP contribution is 2.47. The van der Waals surface area contributed by atoms with Crippen molar-refractivity contribution in [1.29, 1.82) is 0 Å². The number of fused-ring (bicyclic) bond motifs is 2. The molecule has 3 heterocycles. The molecule has 4 rings (SSSR count). The van der Waals surface area contributed by atoms with E-state index in [1.165, 1.54) is 21.1 Å². The molecule has 2 aromatic rings. The summed E-state index contributed by atoms with van der Waals surface area (Å²) in [5.74, 6) is -1.02. The second-order valence-corrected chi connectivity index (χ2v) is 9.49. The first-order valence-electron chi connectivity index (χ1n) is 8.97. The summed E-state index contributed by atoms with van der Waals surface area (Å²) in [5, 5.41) is 9.22. The van der Waals surface area contributed by atoms with Gasteiger partial charge in [0, 0.05) is 21.8 Å². The molecule has 1 aromatic heterocycles. The number of benzene rings is 1. The molecule has 0 aliphatic carbocycles. The normalized spacial score (nSPS) is 17.8. The Balaban J connectivity index is 2.16. The van der Waals surface area contributed by atoms with Crippen LogP contribution in [0, 0.1) is 17.4 Å². The fourth-order valence-corrected chi connectivity index (χ4v) is 5.36. The molecule has 0 amide bonds. The number of halogens is 4. The van der Waals surface area contributed by atoms with Gasteiger partial charge in [-0.25, -0.2) is 4.79 Å². The first kappa shape index (κ1) is 20.8. The lowest BCUT2D eigenvalue weighted by atomic mass is 9.83. The zero-order chi connectivity index (χ0) is 21.4. The van der Waals surface area contributed by atoms with E-state index in [-0.39, 0.29) is 5.56 Å². The summed E-state index contributed by atoms with van der Waals surface area (Å²) >= 11 is 4.25. The molecular formula is C20H17BF2I2N2O2. The van der Waals surface area contributed by atoms with Gasteiger partial charge in [0.25, 0.3) is 0 Å². The predicted molar refractivity (Wildman–Crippen MR) is 127 cm³/mol. The standard InChI is InChI=1S/C20H17BF2I2N2O2/c1-9-16(24)11(3)26-18(9)15(13-5-7-14(8-6-13)20(28)29)19-10(2)17(25)12(4)27(19)21(26,22)23/h5-8H,1-4H3,(H,28,29). The molecular weight excluding hydrogens is 603 g/mol. The monoisotopic (exact) mass is 620 g/mol. The van der Waals surface area contributed by atoms with Crippen LogP contribution in [-0.2, 0) is 0 Å². The van der Waals surface area contributed by atoms with Gasteiger partial charge in [-0.2, -0.15) is 0 Å². The van der Waals surface area contributed by atoms with Crippen LogP contribution in [0.4, 0.5) is 8.63 Å². The molecule has 4 nitrogen and oxygen atoms in total. The van der Waals surface area contributed by atoms with E-state index in [0.29, 0.717) is 28.4 Å². The molecule has 0 atom stereocenters. The summed E-state index contributed by atoms with van der Waals surface area (Å²) in [5.41, 5.74) is 5.29. The van der Waals surface area contributed by atoms with E-state index in [2.05, 4.69) is 45.2 Å². The largest absolute Gasteiger partial charge is 0.737 e. The van der Waals surface area contributed by atoms with E-state index in [1.807, 2.05) is 13.8 Å². The molecule has 0 unspecified atom stereocenters. The third-order valence-corrected chi connectivity index (χ3v) is 8.90. The first-order valence-corrected chi connectivity index (χ1v) is 11.1. The van der Waals surface area contributed by atoms with Gasteiger partial charge in [0.2, 0.25) is 0 Å². The van der Waals surface area contributed by atoms with E-state index in [1.54, 1.807) is 26.0 Å². The Morgan fingerprint density at radius 3 is 2.24 bits per heavy atom. The van der Waals surface area contributed by atoms with Crippen molar-refractivity contribution < 1.29 is 23.0 Å². The van der Waals surface area contributed by atoms with E-state index < -0.39 is 12.9 Å². The molecule has 9 heteroatoms. The molecule has 150 valence electrons. The average molecular weight is 620 g/mol. The van der Waals surface area contributed by atoms with Gasteiger partial charge < -0.3 is 22.7 Å². The highest BCUT2D eigenvalue weighted by molar-refractivity contribution is 14.1. The third kappa shape index (κ3) is 2.72. The first-order chi connectivity index (χ1) is 13.5. The quantitative estimate of drug-likeness (QED) is 0.352. The van der Waals surface area contributed by atoms with Crippen molar-refractivity contribution in [2.75, 3.05) is 0 Å². The van der Waals surface area contributed by atoms with Crippen LogP contribution in [0.5, 0.6) is 0 Å². The second-order valence-electron chi connectivity index (χ2n) is 7.33. The lowest BCUT2D eigenvalue weighted by Gasteiger charge is -2.33. The van der Waals surface area contributed by atoms with E-state index >= 15 is 8.63 Å². The summed E-state index contributed by atoms with van der Waals surface area (Å²) in [4.78, 5) is 11.3. The molecule has 0 saturated heterocycles. The lowest BCUT2D eigenvalue weighted by molar-refractivity contribution is -0.363. The molecule has 0 spiro atoms. The average Bonchev–Trinajstić information content (AvgIpc) is 3.04. The maximum Gasteiger partial charge on any atom is 0.737 e. The lowest BCUT2D eigenvalue weighted by Crippen LogP contribution is -2.51. The summed E-state index contributed by atoms with van der Waals surface area (Å²) in [7, 11) is 0. The molecule has 29 heavy (non-hydrogen) atoms. The number of carboxylic acid groups (broad SMARTS) is 1. The van der Waals surface area contributed by atoms with Crippen molar-refractivity contribution in [1.82, 2.24) is 4.48 Å². The Morgan fingerprint density at radius 2 is 1.69 bits per heavy atom. The van der Waals surface area contributed by atoms with E-state index in [0.717, 1.165) is 23.9 Å². The van der Waals surface area contributed by atoms with Crippen LogP contribution in [0.2, 0.25) is 0 Å². The molecule has 0 radical (unpaired) electrons. The van der Waals surface area contributed by atoms with Crippen molar-refractivity contribution >= 4 is 69.4 Å². The van der Waals surface area contributed by atoms with Crippen molar-refractivity contribution in [3.63, 3.8) is 0 Å². The zero-order valence-electron chi connectivity index (χ0n) is 16.1. The number of rotatable bonds is 2. The second kappa shape index (κ2) is 6.76. The molecule has 0 bridgehead atoms. The minimum absolute atomic E-state index is 0.162. The fourth-order valence-electron chi connectivity index (χ4n) is 4.33. The van der Waals surface area contributed by atoms with Gasteiger partial charge in [-0.1, -0.05) is 12.1 Å². The topological polar surface area (TPSA) is 45.2 Å². The smallest absolute Gasteiger partial charge is 0.478 e. The van der Waals surface area contributed by atoms with Gasteiger partial charge in [0.1, 0.15) is 5.71 Å². The predicted octanol–water partition coefficient (Wildman–Crippen LogP) is 5.60. The van der Waals surface area contributed by atoms with Gasteiger partial charge in [-0.3, -0.25) is 0 Å². The number of aromatic carboxylic acids is 1. The van der Waals surface area contributed by atoms with Crippen LogP contribution >= 0.6 is 45.2 Å². The maximum atomic E-state index is 15.8. The minimum Gasteiger partial charge on any atom is -0.478 e. The van der Waals surface area contributed by atoms with Crippen LogP contribution in [0.1, 0.15) is 46.7 Å². The van der Waals surface area contributed by atoms with Crippen LogP contribution in [0.25, 0.3) is 5.57 Å². The van der Waals surface area contributed by atoms with E-state index in [4.69, 9.17) is 0 Å². The molecule has 0 fully saturated rings. The Morgan fingerprint density at radius 1 is 1.10 bits per heavy atom. The van der Waals surface area contributed by atoms with Crippen LogP contribution in [-0.4, -0.2) is 32.7 Å².